The fraction of sp³-hybridized carbons (Fsp3) is 1.00. The maximum absolute atomic E-state index is 4.74. The molecule has 0 aromatic carbocycles. The quantitative estimate of drug-likeness (QED) is 0.520. The van der Waals surface area contributed by atoms with Crippen LogP contribution in [0, 0.1) is 5.92 Å². The first-order valence-electron chi connectivity index (χ1n) is 2.61. The predicted molar refractivity (Wildman–Crippen MR) is 43.8 cm³/mol. The Labute approximate surface area is 63.3 Å². The molecule has 0 aliphatic heterocycles. The number of halogens is 2. The van der Waals surface area contributed by atoms with Crippen LogP contribution in [-0.4, -0.2) is 0 Å². The molecule has 0 aromatic heterocycles. The first-order chi connectivity index (χ1) is 3.68. The van der Waals surface area contributed by atoms with Crippen LogP contribution in [0.1, 0.15) is 27.2 Å². The van der Waals surface area contributed by atoms with E-state index in [1.165, 1.54) is 6.42 Å². The number of hydrogen-bond acceptors (Lipinski definition) is 0. The molecular weight excluding hydrogens is 162 g/mol. The molecule has 0 aliphatic carbocycles. The summed E-state index contributed by atoms with van der Waals surface area (Å²) in [4.78, 5) is 0. The van der Waals surface area contributed by atoms with Crippen molar-refractivity contribution in [2.24, 2.45) is 5.92 Å². The average Bonchev–Trinajstić information content (AvgIpc) is 1.69. The first kappa shape index (κ1) is 11.8. The van der Waals surface area contributed by atoms with Gasteiger partial charge in [-0.1, -0.05) is 49.7 Å². The van der Waals surface area contributed by atoms with Gasteiger partial charge in [-0.15, -0.1) is 0 Å². The van der Waals surface area contributed by atoms with Gasteiger partial charge in [0, 0.05) is 0 Å². The summed E-state index contributed by atoms with van der Waals surface area (Å²) in [5.41, 5.74) is 0. The second-order valence-electron chi connectivity index (χ2n) is 1.87. The summed E-state index contributed by atoms with van der Waals surface area (Å²) >= 11 is 9.47. The minimum absolute atomic E-state index is 0.361. The van der Waals surface area contributed by atoms with Crippen LogP contribution in [0.2, 0.25) is 0 Å². The molecule has 0 amide bonds. The van der Waals surface area contributed by atoms with Crippen LogP contribution in [0.4, 0.5) is 0 Å². The molecule has 0 unspecified atom stereocenters. The smallest absolute Gasteiger partial charge is 0.0704 e. The zero-order chi connectivity index (χ0) is 6.99. The Hall–Kier alpha value is 1.01. The van der Waals surface area contributed by atoms with Crippen LogP contribution in [0.25, 0.3) is 0 Å². The molecule has 0 atom stereocenters. The summed E-state index contributed by atoms with van der Waals surface area (Å²) in [6.07, 6.45) is 1.31. The highest BCUT2D eigenvalue weighted by Crippen LogP contribution is 2.19. The third kappa shape index (κ3) is 27.9. The van der Waals surface area contributed by atoms with E-state index in [4.69, 9.17) is 22.5 Å². The monoisotopic (exact) mass is 173 g/mol. The molecule has 0 saturated carbocycles. The van der Waals surface area contributed by atoms with Crippen molar-refractivity contribution in [3.05, 3.63) is 0 Å². The lowest BCUT2D eigenvalue weighted by Gasteiger charge is -1.90. The number of hydrogen-bond donors (Lipinski definition) is 0. The molecule has 0 rings (SSSR count). The largest absolute Gasteiger partial charge is 0.141 e. The van der Waals surface area contributed by atoms with Crippen LogP contribution >= 0.6 is 29.8 Å². The standard InChI is InChI=1S/C5H12.Cl2P/c1-4-5(2)3;1-3-2/h5H,4H2,1-3H3;. The summed E-state index contributed by atoms with van der Waals surface area (Å²) in [5, 5.41) is 0. The summed E-state index contributed by atoms with van der Waals surface area (Å²) in [6.45, 7) is 6.64. The highest BCUT2D eigenvalue weighted by Gasteiger charge is 1.80. The fourth-order valence-corrected chi connectivity index (χ4v) is 0. The van der Waals surface area contributed by atoms with E-state index >= 15 is 0 Å². The van der Waals surface area contributed by atoms with E-state index in [2.05, 4.69) is 20.8 Å². The van der Waals surface area contributed by atoms with Gasteiger partial charge in [0.05, 0.1) is 0 Å². The topological polar surface area (TPSA) is 0 Å². The van der Waals surface area contributed by atoms with Gasteiger partial charge >= 0.3 is 0 Å². The summed E-state index contributed by atoms with van der Waals surface area (Å²) in [5.74, 6) is 0.884. The van der Waals surface area contributed by atoms with Crippen molar-refractivity contribution in [1.82, 2.24) is 0 Å². The zero-order valence-electron chi connectivity index (χ0n) is 5.49. The highest BCUT2D eigenvalue weighted by atomic mass is 35.9. The normalized spacial score (nSPS) is 8.25. The van der Waals surface area contributed by atoms with Gasteiger partial charge in [-0.25, -0.2) is 0 Å². The summed E-state index contributed by atoms with van der Waals surface area (Å²) in [7, 11) is 0.361. The van der Waals surface area contributed by atoms with E-state index in [-0.39, 0.29) is 0 Å². The molecule has 0 N–H and O–H groups in total. The molecule has 3 heteroatoms. The zero-order valence-corrected chi connectivity index (χ0v) is 7.89. The third-order valence-electron chi connectivity index (χ3n) is 0.816. The molecule has 0 aromatic rings. The van der Waals surface area contributed by atoms with Gasteiger partial charge in [0.1, 0.15) is 7.29 Å². The lowest BCUT2D eigenvalue weighted by Crippen LogP contribution is -1.77. The minimum Gasteiger partial charge on any atom is -0.0704 e. The lowest BCUT2D eigenvalue weighted by molar-refractivity contribution is 0.626. The predicted octanol–water partition coefficient (Wildman–Crippen LogP) is 4.29. The maximum Gasteiger partial charge on any atom is 0.141 e. The Kier molecular flexibility index (Phi) is 16.0. The van der Waals surface area contributed by atoms with Crippen LogP contribution in [0.15, 0.2) is 0 Å². The van der Waals surface area contributed by atoms with Crippen LogP contribution in [-0.2, 0) is 0 Å². The van der Waals surface area contributed by atoms with Crippen LogP contribution < -0.4 is 0 Å². The summed E-state index contributed by atoms with van der Waals surface area (Å²) in [6, 6.07) is 0. The second-order valence-corrected chi connectivity index (χ2v) is 3.53. The molecule has 0 aliphatic rings. The van der Waals surface area contributed by atoms with Gasteiger partial charge in [0.2, 0.25) is 0 Å². The van der Waals surface area contributed by atoms with Gasteiger partial charge in [0.15, 0.2) is 0 Å². The third-order valence-corrected chi connectivity index (χ3v) is 0.816. The van der Waals surface area contributed by atoms with E-state index in [1.807, 2.05) is 0 Å². The Bertz CT molecular complexity index is 31.6. The van der Waals surface area contributed by atoms with E-state index in [1.54, 1.807) is 0 Å². The molecule has 8 heavy (non-hydrogen) atoms. The molecule has 0 spiro atoms. The molecule has 0 heterocycles. The molecule has 0 saturated heterocycles. The minimum atomic E-state index is 0.361. The van der Waals surface area contributed by atoms with E-state index in [9.17, 15) is 0 Å². The number of rotatable bonds is 1. The van der Waals surface area contributed by atoms with Crippen molar-refractivity contribution in [3.63, 3.8) is 0 Å². The average molecular weight is 174 g/mol. The highest BCUT2D eigenvalue weighted by molar-refractivity contribution is 7.90. The molecule has 0 bridgehead atoms. The SMILES string of the molecule is CCC(C)C.Cl[P]Cl. The Balaban J connectivity index is 0. The van der Waals surface area contributed by atoms with Crippen molar-refractivity contribution in [1.29, 1.82) is 0 Å². The Morgan fingerprint density at radius 3 is 1.50 bits per heavy atom. The lowest BCUT2D eigenvalue weighted by atomic mass is 10.2. The Morgan fingerprint density at radius 1 is 1.38 bits per heavy atom. The van der Waals surface area contributed by atoms with Crippen LogP contribution in [0.3, 0.4) is 0 Å². The summed E-state index contributed by atoms with van der Waals surface area (Å²) < 4.78 is 0. The van der Waals surface area contributed by atoms with Crippen molar-refractivity contribution in [3.8, 4) is 0 Å². The van der Waals surface area contributed by atoms with E-state index in [0.717, 1.165) is 5.92 Å². The molecule has 51 valence electrons. The van der Waals surface area contributed by atoms with E-state index < -0.39 is 0 Å². The van der Waals surface area contributed by atoms with Gasteiger partial charge in [0.25, 0.3) is 0 Å². The molecular formula is C5H12Cl2P. The van der Waals surface area contributed by atoms with Crippen molar-refractivity contribution in [2.75, 3.05) is 0 Å². The van der Waals surface area contributed by atoms with Crippen molar-refractivity contribution < 1.29 is 0 Å². The van der Waals surface area contributed by atoms with E-state index in [0.29, 0.717) is 7.29 Å². The van der Waals surface area contributed by atoms with Crippen molar-refractivity contribution >= 4 is 29.8 Å². The molecule has 0 fully saturated rings. The first-order valence-corrected chi connectivity index (χ1v) is 5.31. The fourth-order valence-electron chi connectivity index (χ4n) is 0. The Morgan fingerprint density at radius 2 is 1.50 bits per heavy atom. The van der Waals surface area contributed by atoms with Gasteiger partial charge in [-0.05, 0) is 5.92 Å². The molecule has 1 radical (unpaired) electrons. The van der Waals surface area contributed by atoms with Crippen LogP contribution in [0.5, 0.6) is 0 Å². The van der Waals surface area contributed by atoms with Gasteiger partial charge in [-0.2, -0.15) is 0 Å². The van der Waals surface area contributed by atoms with Gasteiger partial charge in [-0.3, -0.25) is 0 Å². The van der Waals surface area contributed by atoms with Gasteiger partial charge < -0.3 is 0 Å². The maximum atomic E-state index is 4.74. The molecule has 0 nitrogen and oxygen atoms in total. The second kappa shape index (κ2) is 10.9. The van der Waals surface area contributed by atoms with Crippen molar-refractivity contribution in [2.45, 2.75) is 27.2 Å².